The number of benzene rings is 1. The number of rotatable bonds is 2. The van der Waals surface area contributed by atoms with Gasteiger partial charge in [0, 0.05) is 25.4 Å². The van der Waals surface area contributed by atoms with E-state index in [2.05, 4.69) is 10.6 Å². The molecule has 0 radical (unpaired) electrons. The fourth-order valence-electron chi connectivity index (χ4n) is 2.16. The Labute approximate surface area is 116 Å². The van der Waals surface area contributed by atoms with Gasteiger partial charge in [0.05, 0.1) is 11.6 Å². The van der Waals surface area contributed by atoms with E-state index in [4.69, 9.17) is 0 Å². The molecular formula is C14H16FN3O2. The van der Waals surface area contributed by atoms with Gasteiger partial charge in [-0.3, -0.25) is 4.79 Å². The number of allylic oxidation sites excluding steroid dienone is 1. The maximum absolute atomic E-state index is 13.9. The monoisotopic (exact) mass is 277 g/mol. The first-order valence-corrected chi connectivity index (χ1v) is 6.16. The molecule has 20 heavy (non-hydrogen) atoms. The molecule has 1 heterocycles. The number of nitrogens with zero attached hydrogens (tertiary/aromatic N) is 1. The maximum atomic E-state index is 13.9. The van der Waals surface area contributed by atoms with Crippen LogP contribution in [0.15, 0.2) is 35.5 Å². The van der Waals surface area contributed by atoms with E-state index in [1.165, 1.54) is 11.0 Å². The lowest BCUT2D eigenvalue weighted by atomic mass is 9.94. The van der Waals surface area contributed by atoms with E-state index in [1.54, 1.807) is 39.2 Å². The molecule has 1 aromatic carbocycles. The van der Waals surface area contributed by atoms with Crippen molar-refractivity contribution in [3.05, 3.63) is 46.9 Å². The average molecular weight is 277 g/mol. The summed E-state index contributed by atoms with van der Waals surface area (Å²) in [6.07, 6.45) is 0. The molecule has 0 unspecified atom stereocenters. The third kappa shape index (κ3) is 2.49. The molecule has 0 saturated heterocycles. The van der Waals surface area contributed by atoms with E-state index in [0.29, 0.717) is 11.3 Å². The Kier molecular flexibility index (Phi) is 3.74. The fourth-order valence-corrected chi connectivity index (χ4v) is 2.16. The molecule has 1 aromatic rings. The molecule has 0 saturated carbocycles. The summed E-state index contributed by atoms with van der Waals surface area (Å²) < 4.78 is 13.9. The van der Waals surface area contributed by atoms with Gasteiger partial charge in [-0.2, -0.15) is 0 Å². The second-order valence-corrected chi connectivity index (χ2v) is 4.79. The predicted molar refractivity (Wildman–Crippen MR) is 72.2 cm³/mol. The van der Waals surface area contributed by atoms with Crippen LogP contribution < -0.4 is 10.6 Å². The van der Waals surface area contributed by atoms with Crippen LogP contribution in [0.25, 0.3) is 0 Å². The van der Waals surface area contributed by atoms with E-state index in [0.717, 1.165) is 0 Å². The molecule has 0 spiro atoms. The Hall–Kier alpha value is -2.37. The van der Waals surface area contributed by atoms with Gasteiger partial charge in [-0.15, -0.1) is 0 Å². The van der Waals surface area contributed by atoms with Gasteiger partial charge in [0.25, 0.3) is 5.91 Å². The van der Waals surface area contributed by atoms with E-state index in [1.807, 2.05) is 0 Å². The van der Waals surface area contributed by atoms with Crippen molar-refractivity contribution in [3.63, 3.8) is 0 Å². The number of halogens is 1. The summed E-state index contributed by atoms with van der Waals surface area (Å²) in [5, 5.41) is 5.14. The minimum absolute atomic E-state index is 0.270. The van der Waals surface area contributed by atoms with Gasteiger partial charge < -0.3 is 15.5 Å². The van der Waals surface area contributed by atoms with Crippen molar-refractivity contribution in [2.24, 2.45) is 0 Å². The van der Waals surface area contributed by atoms with Crippen molar-refractivity contribution in [2.75, 3.05) is 14.1 Å². The summed E-state index contributed by atoms with van der Waals surface area (Å²) in [7, 11) is 3.22. The molecule has 0 fully saturated rings. The van der Waals surface area contributed by atoms with Crippen LogP contribution in [0, 0.1) is 5.82 Å². The van der Waals surface area contributed by atoms with Crippen molar-refractivity contribution in [1.29, 1.82) is 0 Å². The zero-order valence-electron chi connectivity index (χ0n) is 11.5. The summed E-state index contributed by atoms with van der Waals surface area (Å²) >= 11 is 0. The highest BCUT2D eigenvalue weighted by Gasteiger charge is 2.33. The lowest BCUT2D eigenvalue weighted by molar-refractivity contribution is -0.125. The lowest BCUT2D eigenvalue weighted by Crippen LogP contribution is -2.47. The van der Waals surface area contributed by atoms with Crippen LogP contribution in [0.2, 0.25) is 0 Å². The van der Waals surface area contributed by atoms with Gasteiger partial charge in [-0.1, -0.05) is 18.2 Å². The predicted octanol–water partition coefficient (Wildman–Crippen LogP) is 1.54. The van der Waals surface area contributed by atoms with Crippen molar-refractivity contribution in [2.45, 2.75) is 13.0 Å². The minimum atomic E-state index is -0.792. The number of hydrogen-bond donors (Lipinski definition) is 2. The van der Waals surface area contributed by atoms with Gasteiger partial charge in [0.1, 0.15) is 5.82 Å². The van der Waals surface area contributed by atoms with E-state index in [9.17, 15) is 14.0 Å². The fraction of sp³-hybridized carbons (Fsp3) is 0.286. The van der Waals surface area contributed by atoms with Crippen LogP contribution in [0.5, 0.6) is 0 Å². The average Bonchev–Trinajstić information content (AvgIpc) is 2.37. The first-order chi connectivity index (χ1) is 9.41. The number of amides is 3. The number of carbonyl (C=O) groups excluding carboxylic acids is 2. The summed E-state index contributed by atoms with van der Waals surface area (Å²) in [4.78, 5) is 25.3. The standard InChI is InChI=1S/C14H16FN3O2/c1-8-11(13(19)18(2)3)12(17-14(20)16-8)9-6-4-5-7-10(9)15/h4-7,12H,1-3H3,(H2,16,17,20)/t12-/m1/s1. The normalized spacial score (nSPS) is 18.4. The summed E-state index contributed by atoms with van der Waals surface area (Å²) in [6.45, 7) is 1.63. The third-order valence-electron chi connectivity index (χ3n) is 3.12. The zero-order chi connectivity index (χ0) is 14.9. The summed E-state index contributed by atoms with van der Waals surface area (Å²) in [6, 6.07) is 4.84. The molecular weight excluding hydrogens is 261 g/mol. The van der Waals surface area contributed by atoms with Gasteiger partial charge >= 0.3 is 6.03 Å². The molecule has 0 bridgehead atoms. The molecule has 0 aliphatic carbocycles. The van der Waals surface area contributed by atoms with Crippen LogP contribution >= 0.6 is 0 Å². The highest BCUT2D eigenvalue weighted by Crippen LogP contribution is 2.29. The van der Waals surface area contributed by atoms with E-state index >= 15 is 0 Å². The van der Waals surface area contributed by atoms with Gasteiger partial charge in [-0.25, -0.2) is 9.18 Å². The largest absolute Gasteiger partial charge is 0.345 e. The minimum Gasteiger partial charge on any atom is -0.345 e. The second-order valence-electron chi connectivity index (χ2n) is 4.79. The van der Waals surface area contributed by atoms with Crippen molar-refractivity contribution < 1.29 is 14.0 Å². The molecule has 0 aromatic heterocycles. The third-order valence-corrected chi connectivity index (χ3v) is 3.12. The molecule has 1 atom stereocenters. The number of hydrogen-bond acceptors (Lipinski definition) is 2. The number of nitrogens with one attached hydrogen (secondary N) is 2. The van der Waals surface area contributed by atoms with Gasteiger partial charge in [-0.05, 0) is 13.0 Å². The molecule has 6 heteroatoms. The van der Waals surface area contributed by atoms with Gasteiger partial charge in [0.15, 0.2) is 0 Å². The summed E-state index contributed by atoms with van der Waals surface area (Å²) in [5.74, 6) is -0.736. The van der Waals surface area contributed by atoms with Crippen LogP contribution in [-0.4, -0.2) is 30.9 Å². The highest BCUT2D eigenvalue weighted by atomic mass is 19.1. The van der Waals surface area contributed by atoms with E-state index < -0.39 is 17.9 Å². The molecule has 3 amide bonds. The Morgan fingerprint density at radius 3 is 2.55 bits per heavy atom. The van der Waals surface area contributed by atoms with E-state index in [-0.39, 0.29) is 11.5 Å². The first kappa shape index (κ1) is 14.0. The molecule has 2 rings (SSSR count). The van der Waals surface area contributed by atoms with Crippen molar-refractivity contribution >= 4 is 11.9 Å². The number of carbonyl (C=O) groups is 2. The van der Waals surface area contributed by atoms with Gasteiger partial charge in [0.2, 0.25) is 0 Å². The molecule has 5 nitrogen and oxygen atoms in total. The summed E-state index contributed by atoms with van der Waals surface area (Å²) in [5.41, 5.74) is 1.03. The Balaban J connectivity index is 2.54. The topological polar surface area (TPSA) is 61.4 Å². The number of urea groups is 1. The molecule has 2 N–H and O–H groups in total. The quantitative estimate of drug-likeness (QED) is 0.861. The van der Waals surface area contributed by atoms with Crippen molar-refractivity contribution in [3.8, 4) is 0 Å². The van der Waals surface area contributed by atoms with Crippen LogP contribution in [0.1, 0.15) is 18.5 Å². The Morgan fingerprint density at radius 2 is 1.95 bits per heavy atom. The second kappa shape index (κ2) is 5.32. The molecule has 106 valence electrons. The molecule has 1 aliphatic heterocycles. The number of likely N-dealkylation sites (N-methyl/N-ethyl adjacent to an activating group) is 1. The maximum Gasteiger partial charge on any atom is 0.319 e. The Morgan fingerprint density at radius 1 is 1.30 bits per heavy atom. The SMILES string of the molecule is CC1=C(C(=O)N(C)C)[C@@H](c2ccccc2F)NC(=O)N1. The van der Waals surface area contributed by atoms with Crippen LogP contribution in [0.3, 0.4) is 0 Å². The van der Waals surface area contributed by atoms with Crippen LogP contribution in [0.4, 0.5) is 9.18 Å². The zero-order valence-corrected chi connectivity index (χ0v) is 11.5. The van der Waals surface area contributed by atoms with Crippen molar-refractivity contribution in [1.82, 2.24) is 15.5 Å². The first-order valence-electron chi connectivity index (χ1n) is 6.16. The lowest BCUT2D eigenvalue weighted by Gasteiger charge is -2.30. The Bertz CT molecular complexity index is 596. The smallest absolute Gasteiger partial charge is 0.319 e. The molecule has 1 aliphatic rings. The van der Waals surface area contributed by atoms with Crippen LogP contribution in [-0.2, 0) is 4.79 Å². The highest BCUT2D eigenvalue weighted by molar-refractivity contribution is 5.98.